The Morgan fingerprint density at radius 2 is 1.86 bits per heavy atom. The second kappa shape index (κ2) is 6.26. The van der Waals surface area contributed by atoms with Gasteiger partial charge in [-0.05, 0) is 12.0 Å². The number of rotatable bonds is 7. The number of hydrogen-bond acceptors (Lipinski definition) is 3. The standard InChI is InChI=1S/C16H20O5/c1-2-6-12-13(9-16(12,14(17)18)15(19)20)21-10-11-7-4-3-5-8-11/h3-5,7-8,12-13H,2,6,9-10H2,1H3,(H,17,18)(H,19,20). The van der Waals surface area contributed by atoms with E-state index in [1.165, 1.54) is 0 Å². The van der Waals surface area contributed by atoms with Crippen LogP contribution in [0.1, 0.15) is 31.7 Å². The van der Waals surface area contributed by atoms with Crippen molar-refractivity contribution in [3.63, 3.8) is 0 Å². The van der Waals surface area contributed by atoms with Crippen LogP contribution in [0, 0.1) is 11.3 Å². The summed E-state index contributed by atoms with van der Waals surface area (Å²) in [5.41, 5.74) is -0.687. The summed E-state index contributed by atoms with van der Waals surface area (Å²) >= 11 is 0. The van der Waals surface area contributed by atoms with Crippen molar-refractivity contribution >= 4 is 11.9 Å². The van der Waals surface area contributed by atoms with E-state index in [0.29, 0.717) is 13.0 Å². The number of aliphatic carboxylic acids is 2. The van der Waals surface area contributed by atoms with E-state index in [0.717, 1.165) is 12.0 Å². The molecule has 2 N–H and O–H groups in total. The molecule has 21 heavy (non-hydrogen) atoms. The van der Waals surface area contributed by atoms with Crippen molar-refractivity contribution in [2.75, 3.05) is 0 Å². The van der Waals surface area contributed by atoms with E-state index >= 15 is 0 Å². The van der Waals surface area contributed by atoms with E-state index < -0.39 is 23.3 Å². The molecule has 0 amide bonds. The molecule has 5 nitrogen and oxygen atoms in total. The third-order valence-corrected chi connectivity index (χ3v) is 4.27. The van der Waals surface area contributed by atoms with Crippen molar-refractivity contribution in [3.8, 4) is 0 Å². The highest BCUT2D eigenvalue weighted by Gasteiger charge is 2.64. The fourth-order valence-corrected chi connectivity index (χ4v) is 3.05. The summed E-state index contributed by atoms with van der Waals surface area (Å²) in [6.07, 6.45) is 1.00. The molecule has 1 aromatic carbocycles. The Kier molecular flexibility index (Phi) is 4.63. The molecule has 1 fully saturated rings. The molecule has 1 aromatic rings. The first kappa shape index (κ1) is 15.5. The van der Waals surface area contributed by atoms with Crippen LogP contribution in [-0.4, -0.2) is 28.3 Å². The SMILES string of the molecule is CCCC1C(OCc2ccccc2)CC1(C(=O)O)C(=O)O. The molecule has 114 valence electrons. The van der Waals surface area contributed by atoms with Crippen LogP contribution in [0.3, 0.4) is 0 Å². The van der Waals surface area contributed by atoms with Gasteiger partial charge in [-0.1, -0.05) is 43.7 Å². The quantitative estimate of drug-likeness (QED) is 0.754. The predicted octanol–water partition coefficient (Wildman–Crippen LogP) is 2.55. The highest BCUT2D eigenvalue weighted by atomic mass is 16.5. The molecule has 1 aliphatic carbocycles. The van der Waals surface area contributed by atoms with Crippen LogP contribution in [-0.2, 0) is 20.9 Å². The molecule has 5 heteroatoms. The maximum Gasteiger partial charge on any atom is 0.321 e. The Labute approximate surface area is 123 Å². The van der Waals surface area contributed by atoms with Gasteiger partial charge in [0.1, 0.15) is 0 Å². The zero-order valence-corrected chi connectivity index (χ0v) is 12.0. The molecule has 0 aliphatic heterocycles. The molecule has 0 bridgehead atoms. The Morgan fingerprint density at radius 1 is 1.24 bits per heavy atom. The largest absolute Gasteiger partial charge is 0.480 e. The van der Waals surface area contributed by atoms with Gasteiger partial charge in [0.05, 0.1) is 12.7 Å². The summed E-state index contributed by atoms with van der Waals surface area (Å²) in [4.78, 5) is 22.8. The predicted molar refractivity (Wildman–Crippen MR) is 75.7 cm³/mol. The molecule has 0 saturated heterocycles. The van der Waals surface area contributed by atoms with Gasteiger partial charge in [0, 0.05) is 12.3 Å². The molecule has 0 radical (unpaired) electrons. The van der Waals surface area contributed by atoms with Crippen LogP contribution >= 0.6 is 0 Å². The normalized spacial score (nSPS) is 23.3. The lowest BCUT2D eigenvalue weighted by Gasteiger charge is -2.49. The van der Waals surface area contributed by atoms with Gasteiger partial charge in [-0.2, -0.15) is 0 Å². The van der Waals surface area contributed by atoms with E-state index in [1.807, 2.05) is 37.3 Å². The van der Waals surface area contributed by atoms with Crippen LogP contribution < -0.4 is 0 Å². The van der Waals surface area contributed by atoms with Crippen molar-refractivity contribution in [3.05, 3.63) is 35.9 Å². The Balaban J connectivity index is 2.05. The molecule has 2 rings (SSSR count). The van der Waals surface area contributed by atoms with E-state index in [2.05, 4.69) is 0 Å². The van der Waals surface area contributed by atoms with Crippen molar-refractivity contribution in [1.82, 2.24) is 0 Å². The average molecular weight is 292 g/mol. The molecule has 1 aliphatic rings. The van der Waals surface area contributed by atoms with Gasteiger partial charge in [0.2, 0.25) is 0 Å². The van der Waals surface area contributed by atoms with E-state index in [4.69, 9.17) is 4.74 Å². The van der Waals surface area contributed by atoms with Crippen molar-refractivity contribution in [2.24, 2.45) is 11.3 Å². The van der Waals surface area contributed by atoms with Gasteiger partial charge >= 0.3 is 11.9 Å². The number of carboxylic acids is 2. The molecular formula is C16H20O5. The first-order chi connectivity index (χ1) is 10.0. The summed E-state index contributed by atoms with van der Waals surface area (Å²) in [5.74, 6) is -2.98. The molecule has 1 saturated carbocycles. The molecule has 0 heterocycles. The lowest BCUT2D eigenvalue weighted by Crippen LogP contribution is -2.61. The second-order valence-corrected chi connectivity index (χ2v) is 5.52. The topological polar surface area (TPSA) is 83.8 Å². The smallest absolute Gasteiger partial charge is 0.321 e. The van der Waals surface area contributed by atoms with Crippen molar-refractivity contribution < 1.29 is 24.5 Å². The van der Waals surface area contributed by atoms with E-state index in [1.54, 1.807) is 0 Å². The van der Waals surface area contributed by atoms with Gasteiger partial charge in [-0.3, -0.25) is 9.59 Å². The van der Waals surface area contributed by atoms with Gasteiger partial charge in [0.15, 0.2) is 5.41 Å². The van der Waals surface area contributed by atoms with Crippen LogP contribution in [0.5, 0.6) is 0 Å². The fraction of sp³-hybridized carbons (Fsp3) is 0.500. The number of ether oxygens (including phenoxy) is 1. The molecule has 2 unspecified atom stereocenters. The van der Waals surface area contributed by atoms with E-state index in [9.17, 15) is 19.8 Å². The van der Waals surface area contributed by atoms with Crippen LogP contribution in [0.4, 0.5) is 0 Å². The third-order valence-electron chi connectivity index (χ3n) is 4.27. The Morgan fingerprint density at radius 3 is 2.38 bits per heavy atom. The lowest BCUT2D eigenvalue weighted by atomic mass is 9.56. The number of carboxylic acid groups (broad SMARTS) is 2. The monoisotopic (exact) mass is 292 g/mol. The minimum Gasteiger partial charge on any atom is -0.480 e. The van der Waals surface area contributed by atoms with Crippen LogP contribution in [0.25, 0.3) is 0 Å². The molecule has 0 aromatic heterocycles. The Hall–Kier alpha value is -1.88. The van der Waals surface area contributed by atoms with Gasteiger partial charge < -0.3 is 14.9 Å². The van der Waals surface area contributed by atoms with Gasteiger partial charge in [-0.15, -0.1) is 0 Å². The molecule has 2 atom stereocenters. The minimum atomic E-state index is -1.68. The summed E-state index contributed by atoms with van der Waals surface area (Å²) in [6, 6.07) is 9.57. The summed E-state index contributed by atoms with van der Waals surface area (Å²) in [7, 11) is 0. The maximum absolute atomic E-state index is 11.4. The first-order valence-electron chi connectivity index (χ1n) is 7.14. The van der Waals surface area contributed by atoms with Crippen molar-refractivity contribution in [1.29, 1.82) is 0 Å². The zero-order chi connectivity index (χ0) is 15.5. The highest BCUT2D eigenvalue weighted by molar-refractivity contribution is 6.00. The zero-order valence-electron chi connectivity index (χ0n) is 12.0. The van der Waals surface area contributed by atoms with Crippen molar-refractivity contribution in [2.45, 2.75) is 38.9 Å². The second-order valence-electron chi connectivity index (χ2n) is 5.52. The number of benzene rings is 1. The molecule has 0 spiro atoms. The molecular weight excluding hydrogens is 272 g/mol. The lowest BCUT2D eigenvalue weighted by molar-refractivity contribution is -0.204. The summed E-state index contributed by atoms with van der Waals surface area (Å²) in [5, 5.41) is 18.6. The first-order valence-corrected chi connectivity index (χ1v) is 7.14. The summed E-state index contributed by atoms with van der Waals surface area (Å²) < 4.78 is 5.76. The number of hydrogen-bond donors (Lipinski definition) is 2. The van der Waals surface area contributed by atoms with Crippen LogP contribution in [0.2, 0.25) is 0 Å². The summed E-state index contributed by atoms with van der Waals surface area (Å²) in [6.45, 7) is 2.29. The fourth-order valence-electron chi connectivity index (χ4n) is 3.05. The third kappa shape index (κ3) is 2.78. The Bertz CT molecular complexity index is 497. The van der Waals surface area contributed by atoms with Gasteiger partial charge in [0.25, 0.3) is 0 Å². The van der Waals surface area contributed by atoms with E-state index in [-0.39, 0.29) is 12.5 Å². The maximum atomic E-state index is 11.4. The number of carbonyl (C=O) groups is 2. The van der Waals surface area contributed by atoms with Crippen LogP contribution in [0.15, 0.2) is 30.3 Å². The average Bonchev–Trinajstić information content (AvgIpc) is 2.44. The minimum absolute atomic E-state index is 0.0369. The highest BCUT2D eigenvalue weighted by Crippen LogP contribution is 2.51. The van der Waals surface area contributed by atoms with Gasteiger partial charge in [-0.25, -0.2) is 0 Å².